The highest BCUT2D eigenvalue weighted by molar-refractivity contribution is 9.10. The Morgan fingerprint density at radius 1 is 1.50 bits per heavy atom. The Labute approximate surface area is 104 Å². The summed E-state index contributed by atoms with van der Waals surface area (Å²) in [6, 6.07) is 1.77. The molecule has 1 aromatic rings. The highest BCUT2D eigenvalue weighted by Crippen LogP contribution is 2.17. The van der Waals surface area contributed by atoms with Gasteiger partial charge in [-0.25, -0.2) is 4.98 Å². The third-order valence-corrected chi connectivity index (χ3v) is 2.41. The third kappa shape index (κ3) is 3.48. The summed E-state index contributed by atoms with van der Waals surface area (Å²) in [7, 11) is 0. The maximum Gasteiger partial charge on any atom is 0.255 e. The van der Waals surface area contributed by atoms with Crippen LogP contribution in [0.1, 0.15) is 30.6 Å². The molecule has 0 aliphatic carbocycles. The van der Waals surface area contributed by atoms with Crippen molar-refractivity contribution in [1.29, 1.82) is 0 Å². The molecule has 2 N–H and O–H groups in total. The van der Waals surface area contributed by atoms with Crippen LogP contribution in [0.15, 0.2) is 16.7 Å². The smallest absolute Gasteiger partial charge is 0.255 e. The summed E-state index contributed by atoms with van der Waals surface area (Å²) in [6.45, 7) is 5.40. The van der Waals surface area contributed by atoms with E-state index in [4.69, 9.17) is 0 Å². The van der Waals surface area contributed by atoms with Crippen molar-refractivity contribution in [3.63, 3.8) is 0 Å². The van der Waals surface area contributed by atoms with Gasteiger partial charge in [0.15, 0.2) is 0 Å². The fraction of sp³-hybridized carbons (Fsp3) is 0.455. The van der Waals surface area contributed by atoms with E-state index in [-0.39, 0.29) is 5.91 Å². The number of hydrogen-bond donors (Lipinski definition) is 2. The molecule has 16 heavy (non-hydrogen) atoms. The summed E-state index contributed by atoms with van der Waals surface area (Å²) in [4.78, 5) is 16.0. The summed E-state index contributed by atoms with van der Waals surface area (Å²) >= 11 is 3.31. The molecule has 0 unspecified atom stereocenters. The molecule has 0 aromatic carbocycles. The lowest BCUT2D eigenvalue weighted by atomic mass is 10.2. The molecule has 0 aliphatic rings. The number of hydrogen-bond acceptors (Lipinski definition) is 3. The molecule has 1 rings (SSSR count). The SMILES string of the molecule is CCCNC(=O)c1cc(Br)cnc1NCC. The monoisotopic (exact) mass is 285 g/mol. The van der Waals surface area contributed by atoms with E-state index in [1.54, 1.807) is 12.3 Å². The van der Waals surface area contributed by atoms with E-state index in [2.05, 4.69) is 31.5 Å². The van der Waals surface area contributed by atoms with Gasteiger partial charge in [-0.05, 0) is 35.3 Å². The lowest BCUT2D eigenvalue weighted by molar-refractivity contribution is 0.0954. The molecule has 88 valence electrons. The Morgan fingerprint density at radius 2 is 2.25 bits per heavy atom. The van der Waals surface area contributed by atoms with Gasteiger partial charge in [0.2, 0.25) is 0 Å². The second kappa shape index (κ2) is 6.48. The molecule has 0 saturated heterocycles. The maximum absolute atomic E-state index is 11.8. The van der Waals surface area contributed by atoms with Gasteiger partial charge in [-0.15, -0.1) is 0 Å². The molecule has 1 aromatic heterocycles. The normalized spacial score (nSPS) is 9.94. The number of pyridine rings is 1. The van der Waals surface area contributed by atoms with Crippen molar-refractivity contribution in [3.05, 3.63) is 22.3 Å². The predicted octanol–water partition coefficient (Wildman–Crippen LogP) is 2.42. The Kier molecular flexibility index (Phi) is 5.25. The number of aromatic nitrogens is 1. The van der Waals surface area contributed by atoms with Crippen LogP contribution in [0.2, 0.25) is 0 Å². The van der Waals surface area contributed by atoms with E-state index < -0.39 is 0 Å². The van der Waals surface area contributed by atoms with E-state index >= 15 is 0 Å². The number of nitrogens with one attached hydrogen (secondary N) is 2. The van der Waals surface area contributed by atoms with Crippen LogP contribution in [-0.4, -0.2) is 24.0 Å². The summed E-state index contributed by atoms with van der Waals surface area (Å²) in [6.07, 6.45) is 2.60. The number of nitrogens with zero attached hydrogens (tertiary/aromatic N) is 1. The molecule has 0 saturated carbocycles. The molecule has 5 heteroatoms. The van der Waals surface area contributed by atoms with Crippen molar-refractivity contribution in [2.45, 2.75) is 20.3 Å². The summed E-state index contributed by atoms with van der Waals surface area (Å²) in [5, 5.41) is 5.90. The second-order valence-electron chi connectivity index (χ2n) is 3.34. The standard InChI is InChI=1S/C11H16BrN3O/c1-3-5-14-11(16)9-6-8(12)7-15-10(9)13-4-2/h6-7H,3-5H2,1-2H3,(H,13,15)(H,14,16). The van der Waals surface area contributed by atoms with Gasteiger partial charge in [0.25, 0.3) is 5.91 Å². The fourth-order valence-corrected chi connectivity index (χ4v) is 1.59. The highest BCUT2D eigenvalue weighted by Gasteiger charge is 2.12. The average molecular weight is 286 g/mol. The van der Waals surface area contributed by atoms with E-state index in [1.807, 2.05) is 13.8 Å². The van der Waals surface area contributed by atoms with Crippen LogP contribution in [0.4, 0.5) is 5.82 Å². The molecule has 0 radical (unpaired) electrons. The first-order valence-electron chi connectivity index (χ1n) is 5.36. The lowest BCUT2D eigenvalue weighted by Crippen LogP contribution is -2.25. The first-order valence-corrected chi connectivity index (χ1v) is 6.16. The quantitative estimate of drug-likeness (QED) is 0.874. The number of amides is 1. The van der Waals surface area contributed by atoms with Crippen LogP contribution in [0.3, 0.4) is 0 Å². The molecule has 0 aliphatic heterocycles. The molecule has 0 spiro atoms. The zero-order valence-corrected chi connectivity index (χ0v) is 11.1. The van der Waals surface area contributed by atoms with Crippen LogP contribution < -0.4 is 10.6 Å². The van der Waals surface area contributed by atoms with Crippen molar-refractivity contribution in [3.8, 4) is 0 Å². The van der Waals surface area contributed by atoms with Gasteiger partial charge in [-0.2, -0.15) is 0 Å². The van der Waals surface area contributed by atoms with Gasteiger partial charge < -0.3 is 10.6 Å². The fourth-order valence-electron chi connectivity index (χ4n) is 1.25. The Balaban J connectivity index is 2.90. The number of rotatable bonds is 5. The van der Waals surface area contributed by atoms with Gasteiger partial charge in [0.1, 0.15) is 5.82 Å². The minimum absolute atomic E-state index is 0.0911. The number of halogens is 1. The summed E-state index contributed by atoms with van der Waals surface area (Å²) < 4.78 is 0.802. The molecular weight excluding hydrogens is 270 g/mol. The largest absolute Gasteiger partial charge is 0.370 e. The van der Waals surface area contributed by atoms with Crippen LogP contribution in [-0.2, 0) is 0 Å². The lowest BCUT2D eigenvalue weighted by Gasteiger charge is -2.10. The molecule has 0 bridgehead atoms. The molecule has 4 nitrogen and oxygen atoms in total. The summed E-state index contributed by atoms with van der Waals surface area (Å²) in [5.41, 5.74) is 0.574. The molecular formula is C11H16BrN3O. The Morgan fingerprint density at radius 3 is 2.88 bits per heavy atom. The molecule has 0 atom stereocenters. The number of anilines is 1. The predicted molar refractivity (Wildman–Crippen MR) is 68.7 cm³/mol. The van der Waals surface area contributed by atoms with Gasteiger partial charge >= 0.3 is 0 Å². The minimum atomic E-state index is -0.0911. The highest BCUT2D eigenvalue weighted by atomic mass is 79.9. The number of carbonyl (C=O) groups is 1. The zero-order valence-electron chi connectivity index (χ0n) is 9.51. The second-order valence-corrected chi connectivity index (χ2v) is 4.25. The van der Waals surface area contributed by atoms with Crippen molar-refractivity contribution in [2.24, 2.45) is 0 Å². The van der Waals surface area contributed by atoms with E-state index in [0.717, 1.165) is 17.4 Å². The van der Waals surface area contributed by atoms with Crippen molar-refractivity contribution >= 4 is 27.7 Å². The van der Waals surface area contributed by atoms with Crippen LogP contribution in [0, 0.1) is 0 Å². The average Bonchev–Trinajstić information content (AvgIpc) is 2.28. The third-order valence-electron chi connectivity index (χ3n) is 1.98. The molecule has 1 amide bonds. The Bertz CT molecular complexity index is 368. The minimum Gasteiger partial charge on any atom is -0.370 e. The van der Waals surface area contributed by atoms with Crippen LogP contribution in [0.25, 0.3) is 0 Å². The first kappa shape index (κ1) is 13.0. The van der Waals surface area contributed by atoms with Crippen LogP contribution in [0.5, 0.6) is 0 Å². The molecule has 0 fully saturated rings. The van der Waals surface area contributed by atoms with Crippen molar-refractivity contribution in [2.75, 3.05) is 18.4 Å². The first-order chi connectivity index (χ1) is 7.69. The molecule has 1 heterocycles. The van der Waals surface area contributed by atoms with E-state index in [1.165, 1.54) is 0 Å². The maximum atomic E-state index is 11.8. The van der Waals surface area contributed by atoms with Gasteiger partial charge in [-0.3, -0.25) is 4.79 Å². The van der Waals surface area contributed by atoms with E-state index in [0.29, 0.717) is 17.9 Å². The van der Waals surface area contributed by atoms with E-state index in [9.17, 15) is 4.79 Å². The van der Waals surface area contributed by atoms with Gasteiger partial charge in [0, 0.05) is 23.8 Å². The Hall–Kier alpha value is -1.10. The van der Waals surface area contributed by atoms with Crippen molar-refractivity contribution in [1.82, 2.24) is 10.3 Å². The topological polar surface area (TPSA) is 54.0 Å². The summed E-state index contributed by atoms with van der Waals surface area (Å²) in [5.74, 6) is 0.533. The van der Waals surface area contributed by atoms with Gasteiger partial charge in [-0.1, -0.05) is 6.92 Å². The number of carbonyl (C=O) groups excluding carboxylic acids is 1. The van der Waals surface area contributed by atoms with Crippen LogP contribution >= 0.6 is 15.9 Å². The van der Waals surface area contributed by atoms with Gasteiger partial charge in [0.05, 0.1) is 5.56 Å². The zero-order chi connectivity index (χ0) is 12.0. The van der Waals surface area contributed by atoms with Crippen molar-refractivity contribution < 1.29 is 4.79 Å².